The lowest BCUT2D eigenvalue weighted by Crippen LogP contribution is -2.26. The quantitative estimate of drug-likeness (QED) is 0.607. The SMILES string of the molecule is C[C@@H](/C=N/[S+]([O-])C(C)(C)C)OCc1ccccc1. The third-order valence-electron chi connectivity index (χ3n) is 2.25. The lowest BCUT2D eigenvalue weighted by molar-refractivity contribution is 0.0992. The second-order valence-corrected chi connectivity index (χ2v) is 7.05. The maximum atomic E-state index is 11.7. The molecule has 1 rings (SSSR count). The minimum atomic E-state index is -1.22. The number of hydrogen-bond acceptors (Lipinski definition) is 3. The van der Waals surface area contributed by atoms with Crippen molar-refractivity contribution in [1.82, 2.24) is 0 Å². The average molecular weight is 267 g/mol. The van der Waals surface area contributed by atoms with Crippen molar-refractivity contribution >= 4 is 17.6 Å². The maximum Gasteiger partial charge on any atom is 0.144 e. The first-order chi connectivity index (χ1) is 8.39. The predicted octanol–water partition coefficient (Wildman–Crippen LogP) is 3.12. The van der Waals surface area contributed by atoms with E-state index >= 15 is 0 Å². The fourth-order valence-electron chi connectivity index (χ4n) is 1.14. The molecule has 1 aromatic carbocycles. The van der Waals surface area contributed by atoms with Crippen LogP contribution in [-0.2, 0) is 22.7 Å². The summed E-state index contributed by atoms with van der Waals surface area (Å²) < 4.78 is 21.0. The van der Waals surface area contributed by atoms with Crippen molar-refractivity contribution in [1.29, 1.82) is 0 Å². The molecular formula is C14H21NO2S. The largest absolute Gasteiger partial charge is 0.591 e. The second kappa shape index (κ2) is 6.92. The van der Waals surface area contributed by atoms with Gasteiger partial charge < -0.3 is 9.29 Å². The lowest BCUT2D eigenvalue weighted by Gasteiger charge is -2.18. The zero-order chi connectivity index (χ0) is 13.6. The van der Waals surface area contributed by atoms with E-state index in [0.29, 0.717) is 6.61 Å². The Morgan fingerprint density at radius 3 is 2.50 bits per heavy atom. The van der Waals surface area contributed by atoms with E-state index in [0.717, 1.165) is 5.56 Å². The Morgan fingerprint density at radius 2 is 1.94 bits per heavy atom. The molecule has 0 N–H and O–H groups in total. The summed E-state index contributed by atoms with van der Waals surface area (Å²) in [7, 11) is 0. The van der Waals surface area contributed by atoms with E-state index in [1.54, 1.807) is 6.21 Å². The van der Waals surface area contributed by atoms with Gasteiger partial charge in [-0.25, -0.2) is 0 Å². The van der Waals surface area contributed by atoms with Gasteiger partial charge in [-0.3, -0.25) is 0 Å². The molecule has 1 aromatic rings. The standard InChI is InChI=1S/C14H21NO2S/c1-12(10-15-18(16)14(2,3)4)17-11-13-8-6-5-7-9-13/h5-10,12H,11H2,1-4H3/b15-10+/t12-,18?/m0/s1. The highest BCUT2D eigenvalue weighted by molar-refractivity contribution is 7.91. The molecule has 0 aromatic heterocycles. The van der Waals surface area contributed by atoms with Gasteiger partial charge in [-0.05, 0) is 33.3 Å². The third-order valence-corrected chi connectivity index (χ3v) is 3.61. The Balaban J connectivity index is 2.38. The molecule has 4 heteroatoms. The lowest BCUT2D eigenvalue weighted by atomic mass is 10.2. The number of rotatable bonds is 5. The van der Waals surface area contributed by atoms with Gasteiger partial charge in [-0.15, -0.1) is 0 Å². The van der Waals surface area contributed by atoms with Gasteiger partial charge in [0, 0.05) is 0 Å². The minimum absolute atomic E-state index is 0.142. The molecule has 0 bridgehead atoms. The first kappa shape index (κ1) is 15.2. The summed E-state index contributed by atoms with van der Waals surface area (Å²) in [5.41, 5.74) is 1.12. The van der Waals surface area contributed by atoms with Crippen LogP contribution >= 0.6 is 0 Å². The first-order valence-electron chi connectivity index (χ1n) is 6.01. The van der Waals surface area contributed by atoms with Crippen LogP contribution in [0.2, 0.25) is 0 Å². The van der Waals surface area contributed by atoms with Crippen molar-refractivity contribution in [3.05, 3.63) is 35.9 Å². The molecule has 3 nitrogen and oxygen atoms in total. The summed E-state index contributed by atoms with van der Waals surface area (Å²) in [5.74, 6) is 0. The molecule has 0 amide bonds. The van der Waals surface area contributed by atoms with E-state index in [-0.39, 0.29) is 10.9 Å². The molecule has 1 unspecified atom stereocenters. The highest BCUT2D eigenvalue weighted by Gasteiger charge is 2.25. The first-order valence-corrected chi connectivity index (χ1v) is 7.12. The Bertz CT molecular complexity index is 373. The van der Waals surface area contributed by atoms with E-state index in [1.165, 1.54) is 0 Å². The smallest absolute Gasteiger partial charge is 0.144 e. The average Bonchev–Trinajstić information content (AvgIpc) is 2.33. The minimum Gasteiger partial charge on any atom is -0.591 e. The van der Waals surface area contributed by atoms with Crippen molar-refractivity contribution in [2.24, 2.45) is 4.40 Å². The summed E-state index contributed by atoms with van der Waals surface area (Å²) in [6, 6.07) is 9.95. The molecule has 0 aliphatic carbocycles. The molecule has 0 saturated carbocycles. The number of benzene rings is 1. The van der Waals surface area contributed by atoms with E-state index in [9.17, 15) is 4.55 Å². The van der Waals surface area contributed by atoms with Gasteiger partial charge >= 0.3 is 0 Å². The van der Waals surface area contributed by atoms with Crippen LogP contribution < -0.4 is 0 Å². The van der Waals surface area contributed by atoms with Gasteiger partial charge in [0.25, 0.3) is 0 Å². The fourth-order valence-corrected chi connectivity index (χ4v) is 1.74. The Kier molecular flexibility index (Phi) is 5.85. The summed E-state index contributed by atoms with van der Waals surface area (Å²) in [6.45, 7) is 8.13. The Morgan fingerprint density at radius 1 is 1.33 bits per heavy atom. The van der Waals surface area contributed by atoms with Crippen LogP contribution in [0.4, 0.5) is 0 Å². The van der Waals surface area contributed by atoms with E-state index in [4.69, 9.17) is 4.74 Å². The van der Waals surface area contributed by atoms with Crippen LogP contribution in [0, 0.1) is 0 Å². The predicted molar refractivity (Wildman–Crippen MR) is 77.1 cm³/mol. The van der Waals surface area contributed by atoms with Gasteiger partial charge in [0.05, 0.1) is 18.9 Å². The van der Waals surface area contributed by atoms with Crippen LogP contribution in [0.25, 0.3) is 0 Å². The van der Waals surface area contributed by atoms with Gasteiger partial charge in [-0.1, -0.05) is 34.7 Å². The summed E-state index contributed by atoms with van der Waals surface area (Å²) in [5, 5.41) is 0. The normalized spacial score (nSPS) is 15.8. The number of hydrogen-bond donors (Lipinski definition) is 0. The molecule has 0 radical (unpaired) electrons. The van der Waals surface area contributed by atoms with Crippen LogP contribution in [0.5, 0.6) is 0 Å². The van der Waals surface area contributed by atoms with Crippen molar-refractivity contribution in [3.8, 4) is 0 Å². The second-order valence-electron chi connectivity index (χ2n) is 5.12. The Labute approximate surface area is 113 Å². The van der Waals surface area contributed by atoms with Gasteiger partial charge in [0.2, 0.25) is 0 Å². The Hall–Kier alpha value is -0.840. The molecule has 0 aliphatic heterocycles. The van der Waals surface area contributed by atoms with Crippen molar-refractivity contribution in [2.75, 3.05) is 0 Å². The summed E-state index contributed by atoms with van der Waals surface area (Å²) in [6.07, 6.45) is 1.47. The fraction of sp³-hybridized carbons (Fsp3) is 0.500. The molecule has 0 saturated heterocycles. The highest BCUT2D eigenvalue weighted by atomic mass is 32.2. The molecule has 100 valence electrons. The maximum absolute atomic E-state index is 11.7. The highest BCUT2D eigenvalue weighted by Crippen LogP contribution is 2.16. The zero-order valence-electron chi connectivity index (χ0n) is 11.4. The van der Waals surface area contributed by atoms with Gasteiger partial charge in [0.15, 0.2) is 0 Å². The van der Waals surface area contributed by atoms with E-state index in [1.807, 2.05) is 58.0 Å². The zero-order valence-corrected chi connectivity index (χ0v) is 12.2. The molecule has 2 atom stereocenters. The van der Waals surface area contributed by atoms with Gasteiger partial charge in [-0.2, -0.15) is 0 Å². The summed E-state index contributed by atoms with van der Waals surface area (Å²) >= 11 is -1.22. The topological polar surface area (TPSA) is 44.7 Å². The van der Waals surface area contributed by atoms with Gasteiger partial charge in [0.1, 0.15) is 16.1 Å². The molecular weight excluding hydrogens is 246 g/mol. The van der Waals surface area contributed by atoms with E-state index in [2.05, 4.69) is 4.40 Å². The molecule has 18 heavy (non-hydrogen) atoms. The number of ether oxygens (including phenoxy) is 1. The van der Waals surface area contributed by atoms with Crippen LogP contribution in [0.15, 0.2) is 34.7 Å². The van der Waals surface area contributed by atoms with Crippen molar-refractivity contribution < 1.29 is 9.29 Å². The van der Waals surface area contributed by atoms with Crippen LogP contribution in [0.1, 0.15) is 33.3 Å². The van der Waals surface area contributed by atoms with Crippen LogP contribution in [-0.4, -0.2) is 21.6 Å². The van der Waals surface area contributed by atoms with Crippen molar-refractivity contribution in [2.45, 2.75) is 45.2 Å². The third kappa shape index (κ3) is 5.67. The van der Waals surface area contributed by atoms with Crippen LogP contribution in [0.3, 0.4) is 0 Å². The summed E-state index contributed by atoms with van der Waals surface area (Å²) in [4.78, 5) is 0. The molecule has 0 fully saturated rings. The molecule has 0 spiro atoms. The molecule has 0 aliphatic rings. The van der Waals surface area contributed by atoms with E-state index < -0.39 is 11.4 Å². The van der Waals surface area contributed by atoms with Crippen molar-refractivity contribution in [3.63, 3.8) is 0 Å². The molecule has 0 heterocycles. The number of nitrogens with zero attached hydrogens (tertiary/aromatic N) is 1. The monoisotopic (exact) mass is 267 g/mol.